The van der Waals surface area contributed by atoms with Crippen molar-refractivity contribution in [1.29, 1.82) is 0 Å². The lowest BCUT2D eigenvalue weighted by Crippen LogP contribution is -2.09. The zero-order chi connectivity index (χ0) is 15.6. The van der Waals surface area contributed by atoms with E-state index in [0.29, 0.717) is 0 Å². The standard InChI is InChI=1S/C16H16BrClFNO/c1-9-6-12(17)8-15(21-3)16(9)20-10(2)11-4-5-14(19)13(18)7-11/h4-8,10,20H,1-3H3. The number of nitrogens with one attached hydrogen (secondary N) is 1. The molecule has 0 bridgehead atoms. The van der Waals surface area contributed by atoms with Crippen molar-refractivity contribution in [3.63, 3.8) is 0 Å². The Bertz CT molecular complexity index is 663. The molecule has 0 amide bonds. The number of ether oxygens (including phenoxy) is 1. The van der Waals surface area contributed by atoms with Crippen molar-refractivity contribution < 1.29 is 9.13 Å². The highest BCUT2D eigenvalue weighted by Crippen LogP contribution is 2.35. The lowest BCUT2D eigenvalue weighted by Gasteiger charge is -2.20. The van der Waals surface area contributed by atoms with Crippen LogP contribution in [0.4, 0.5) is 10.1 Å². The Labute approximate surface area is 137 Å². The van der Waals surface area contributed by atoms with E-state index >= 15 is 0 Å². The van der Waals surface area contributed by atoms with Crippen LogP contribution in [0.15, 0.2) is 34.8 Å². The summed E-state index contributed by atoms with van der Waals surface area (Å²) in [5.41, 5.74) is 2.88. The fraction of sp³-hybridized carbons (Fsp3) is 0.250. The van der Waals surface area contributed by atoms with E-state index in [-0.39, 0.29) is 11.1 Å². The van der Waals surface area contributed by atoms with Gasteiger partial charge in [-0.2, -0.15) is 0 Å². The quantitative estimate of drug-likeness (QED) is 0.740. The molecule has 21 heavy (non-hydrogen) atoms. The van der Waals surface area contributed by atoms with Crippen molar-refractivity contribution in [3.8, 4) is 5.75 Å². The molecule has 0 heterocycles. The molecule has 5 heteroatoms. The molecule has 1 atom stereocenters. The fourth-order valence-electron chi connectivity index (χ4n) is 2.14. The largest absolute Gasteiger partial charge is 0.495 e. The molecular formula is C16H16BrClFNO. The molecule has 1 N–H and O–H groups in total. The van der Waals surface area contributed by atoms with Crippen molar-refractivity contribution >= 4 is 33.2 Å². The van der Waals surface area contributed by atoms with E-state index in [0.717, 1.165) is 27.0 Å². The number of rotatable bonds is 4. The summed E-state index contributed by atoms with van der Waals surface area (Å²) in [7, 11) is 1.63. The molecule has 0 radical (unpaired) electrons. The number of hydrogen-bond acceptors (Lipinski definition) is 2. The molecule has 0 aliphatic rings. The van der Waals surface area contributed by atoms with E-state index in [1.54, 1.807) is 19.2 Å². The van der Waals surface area contributed by atoms with E-state index in [4.69, 9.17) is 16.3 Å². The van der Waals surface area contributed by atoms with Crippen LogP contribution in [0.5, 0.6) is 5.75 Å². The first-order valence-electron chi connectivity index (χ1n) is 6.48. The van der Waals surface area contributed by atoms with Gasteiger partial charge in [0.05, 0.1) is 17.8 Å². The number of aryl methyl sites for hydroxylation is 1. The van der Waals surface area contributed by atoms with Gasteiger partial charge in [-0.05, 0) is 49.2 Å². The zero-order valence-electron chi connectivity index (χ0n) is 12.0. The third-order valence-corrected chi connectivity index (χ3v) is 4.04. The van der Waals surface area contributed by atoms with Crippen molar-refractivity contribution in [2.45, 2.75) is 19.9 Å². The lowest BCUT2D eigenvalue weighted by atomic mass is 10.1. The molecule has 1 unspecified atom stereocenters. The van der Waals surface area contributed by atoms with Crippen molar-refractivity contribution in [2.75, 3.05) is 12.4 Å². The van der Waals surface area contributed by atoms with Crippen LogP contribution in [0.25, 0.3) is 0 Å². The molecule has 0 saturated heterocycles. The third kappa shape index (κ3) is 3.69. The summed E-state index contributed by atoms with van der Waals surface area (Å²) in [6.45, 7) is 3.99. The van der Waals surface area contributed by atoms with Gasteiger partial charge in [-0.25, -0.2) is 4.39 Å². The minimum Gasteiger partial charge on any atom is -0.495 e. The van der Waals surface area contributed by atoms with Gasteiger partial charge in [0.1, 0.15) is 11.6 Å². The molecule has 0 fully saturated rings. The van der Waals surface area contributed by atoms with Crippen LogP contribution >= 0.6 is 27.5 Å². The minimum absolute atomic E-state index is 0.0307. The van der Waals surface area contributed by atoms with Crippen LogP contribution in [0.3, 0.4) is 0 Å². The van der Waals surface area contributed by atoms with Gasteiger partial charge in [0, 0.05) is 10.5 Å². The molecule has 0 spiro atoms. The Morgan fingerprint density at radius 1 is 1.29 bits per heavy atom. The number of halogens is 3. The Kier molecular flexibility index (Phi) is 5.12. The van der Waals surface area contributed by atoms with Crippen molar-refractivity contribution in [2.24, 2.45) is 0 Å². The second kappa shape index (κ2) is 6.67. The Morgan fingerprint density at radius 3 is 2.62 bits per heavy atom. The average Bonchev–Trinajstić information content (AvgIpc) is 2.44. The molecule has 0 saturated carbocycles. The predicted octanol–water partition coefficient (Wildman–Crippen LogP) is 5.73. The van der Waals surface area contributed by atoms with Gasteiger partial charge in [0.15, 0.2) is 0 Å². The normalized spacial score (nSPS) is 12.1. The summed E-state index contributed by atoms with van der Waals surface area (Å²) in [5, 5.41) is 3.52. The average molecular weight is 373 g/mol. The van der Waals surface area contributed by atoms with E-state index in [9.17, 15) is 4.39 Å². The van der Waals surface area contributed by atoms with Crippen LogP contribution in [0.2, 0.25) is 5.02 Å². The summed E-state index contributed by atoms with van der Waals surface area (Å²) in [5.74, 6) is 0.340. The molecule has 2 rings (SSSR count). The van der Waals surface area contributed by atoms with Gasteiger partial charge in [0.2, 0.25) is 0 Å². The monoisotopic (exact) mass is 371 g/mol. The number of methoxy groups -OCH3 is 1. The first kappa shape index (κ1) is 16.1. The van der Waals surface area contributed by atoms with Crippen LogP contribution in [-0.2, 0) is 0 Å². The van der Waals surface area contributed by atoms with Gasteiger partial charge in [0.25, 0.3) is 0 Å². The molecule has 0 aromatic heterocycles. The minimum atomic E-state index is -0.412. The topological polar surface area (TPSA) is 21.3 Å². The molecule has 2 nitrogen and oxygen atoms in total. The number of hydrogen-bond donors (Lipinski definition) is 1. The molecule has 112 valence electrons. The SMILES string of the molecule is COc1cc(Br)cc(C)c1NC(C)c1ccc(F)c(Cl)c1. The van der Waals surface area contributed by atoms with Gasteiger partial charge in [-0.3, -0.25) is 0 Å². The zero-order valence-corrected chi connectivity index (χ0v) is 14.3. The maximum atomic E-state index is 13.2. The summed E-state index contributed by atoms with van der Waals surface area (Å²) >= 11 is 9.29. The van der Waals surface area contributed by atoms with E-state index in [1.807, 2.05) is 26.0 Å². The summed E-state index contributed by atoms with van der Waals surface area (Å²) < 4.78 is 19.6. The highest BCUT2D eigenvalue weighted by atomic mass is 79.9. The van der Waals surface area contributed by atoms with E-state index in [2.05, 4.69) is 21.2 Å². The van der Waals surface area contributed by atoms with Crippen LogP contribution in [0, 0.1) is 12.7 Å². The van der Waals surface area contributed by atoms with Crippen LogP contribution < -0.4 is 10.1 Å². The summed E-state index contributed by atoms with van der Waals surface area (Å²) in [6, 6.07) is 8.61. The summed E-state index contributed by atoms with van der Waals surface area (Å²) in [6.07, 6.45) is 0. The molecule has 2 aromatic carbocycles. The van der Waals surface area contributed by atoms with Gasteiger partial charge in [-0.15, -0.1) is 0 Å². The van der Waals surface area contributed by atoms with E-state index in [1.165, 1.54) is 6.07 Å². The molecule has 0 aliphatic heterocycles. The van der Waals surface area contributed by atoms with Gasteiger partial charge >= 0.3 is 0 Å². The number of benzene rings is 2. The molecule has 2 aromatic rings. The van der Waals surface area contributed by atoms with Gasteiger partial charge in [-0.1, -0.05) is 33.6 Å². The second-order valence-corrected chi connectivity index (χ2v) is 6.16. The Morgan fingerprint density at radius 2 is 2.00 bits per heavy atom. The maximum absolute atomic E-state index is 13.2. The maximum Gasteiger partial charge on any atom is 0.143 e. The number of anilines is 1. The fourth-order valence-corrected chi connectivity index (χ4v) is 2.88. The lowest BCUT2D eigenvalue weighted by molar-refractivity contribution is 0.415. The molecular weight excluding hydrogens is 357 g/mol. The first-order valence-corrected chi connectivity index (χ1v) is 7.65. The van der Waals surface area contributed by atoms with Crippen molar-refractivity contribution in [3.05, 3.63) is 56.8 Å². The Hall–Kier alpha value is -1.26. The smallest absolute Gasteiger partial charge is 0.143 e. The van der Waals surface area contributed by atoms with Crippen LogP contribution in [-0.4, -0.2) is 7.11 Å². The molecule has 0 aliphatic carbocycles. The highest BCUT2D eigenvalue weighted by molar-refractivity contribution is 9.10. The highest BCUT2D eigenvalue weighted by Gasteiger charge is 2.13. The summed E-state index contributed by atoms with van der Waals surface area (Å²) in [4.78, 5) is 0. The Balaban J connectivity index is 2.31. The van der Waals surface area contributed by atoms with E-state index < -0.39 is 5.82 Å². The van der Waals surface area contributed by atoms with Gasteiger partial charge < -0.3 is 10.1 Å². The second-order valence-electron chi connectivity index (χ2n) is 4.84. The predicted molar refractivity (Wildman–Crippen MR) is 88.9 cm³/mol. The van der Waals surface area contributed by atoms with Crippen molar-refractivity contribution in [1.82, 2.24) is 0 Å². The third-order valence-electron chi connectivity index (χ3n) is 3.29. The first-order chi connectivity index (χ1) is 9.92. The van der Waals surface area contributed by atoms with Crippen LogP contribution in [0.1, 0.15) is 24.1 Å².